The predicted octanol–water partition coefficient (Wildman–Crippen LogP) is 5.16. The Balaban J connectivity index is 1.53. The van der Waals surface area contributed by atoms with Crippen molar-refractivity contribution in [2.75, 3.05) is 19.0 Å². The summed E-state index contributed by atoms with van der Waals surface area (Å²) in [5.41, 5.74) is 3.09. The van der Waals surface area contributed by atoms with Crippen molar-refractivity contribution in [1.29, 1.82) is 0 Å². The van der Waals surface area contributed by atoms with Crippen LogP contribution in [-0.2, 0) is 0 Å². The average molecular weight is 531 g/mol. The molecule has 0 aliphatic rings. The van der Waals surface area contributed by atoms with Gasteiger partial charge in [-0.15, -0.1) is 10.2 Å². The van der Waals surface area contributed by atoms with Gasteiger partial charge in [0.2, 0.25) is 0 Å². The Morgan fingerprint density at radius 3 is 2.49 bits per heavy atom. The molecule has 0 fully saturated rings. The standard InChI is InChI=1S/C29H31FN6O3/c1-17(2)36-16-32-35-27(36)24-7-6-8-26(33-24)34-29(38)23-14-22(18(3)13-25(23)39-5)19(4)15-31-28(37)20-9-11-21(30)12-10-20/h6-14,16-17,19H,15H2,1-5H3,(H,31,37)(H,33,34,38). The number of benzene rings is 2. The first-order valence-corrected chi connectivity index (χ1v) is 12.6. The van der Waals surface area contributed by atoms with Crippen LogP contribution in [0, 0.1) is 12.7 Å². The molecular formula is C29H31FN6O3. The molecule has 0 aliphatic carbocycles. The lowest BCUT2D eigenvalue weighted by atomic mass is 9.93. The first-order valence-electron chi connectivity index (χ1n) is 12.6. The molecule has 2 aromatic heterocycles. The third-order valence-electron chi connectivity index (χ3n) is 6.39. The van der Waals surface area contributed by atoms with Gasteiger partial charge in [0.25, 0.3) is 11.8 Å². The Morgan fingerprint density at radius 2 is 1.79 bits per heavy atom. The van der Waals surface area contributed by atoms with Crippen LogP contribution in [0.5, 0.6) is 5.75 Å². The molecule has 0 spiro atoms. The second-order valence-electron chi connectivity index (χ2n) is 9.54. The summed E-state index contributed by atoms with van der Waals surface area (Å²) < 4.78 is 20.6. The monoisotopic (exact) mass is 530 g/mol. The molecule has 4 rings (SSSR count). The van der Waals surface area contributed by atoms with E-state index in [9.17, 15) is 14.0 Å². The van der Waals surface area contributed by atoms with Crippen molar-refractivity contribution in [2.45, 2.75) is 39.7 Å². The van der Waals surface area contributed by atoms with E-state index in [1.54, 1.807) is 30.6 Å². The van der Waals surface area contributed by atoms with Crippen LogP contribution >= 0.6 is 0 Å². The number of carbonyl (C=O) groups excluding carboxylic acids is 2. The fraction of sp³-hybridized carbons (Fsp3) is 0.276. The van der Waals surface area contributed by atoms with Gasteiger partial charge >= 0.3 is 0 Å². The number of nitrogens with zero attached hydrogens (tertiary/aromatic N) is 4. The third-order valence-corrected chi connectivity index (χ3v) is 6.39. The molecule has 2 amide bonds. The number of nitrogens with one attached hydrogen (secondary N) is 2. The van der Waals surface area contributed by atoms with Gasteiger partial charge in [0, 0.05) is 18.2 Å². The van der Waals surface area contributed by atoms with E-state index in [2.05, 4.69) is 25.8 Å². The first kappa shape index (κ1) is 27.4. The van der Waals surface area contributed by atoms with Gasteiger partial charge in [-0.05, 0) is 86.3 Å². The summed E-state index contributed by atoms with van der Waals surface area (Å²) in [6, 6.07) is 14.4. The van der Waals surface area contributed by atoms with Gasteiger partial charge in [-0.2, -0.15) is 0 Å². The summed E-state index contributed by atoms with van der Waals surface area (Å²) in [5, 5.41) is 13.9. The molecule has 2 N–H and O–H groups in total. The minimum Gasteiger partial charge on any atom is -0.496 e. The van der Waals surface area contributed by atoms with Gasteiger partial charge in [-0.25, -0.2) is 9.37 Å². The van der Waals surface area contributed by atoms with Crippen LogP contribution in [0.1, 0.15) is 64.6 Å². The number of amides is 2. The van der Waals surface area contributed by atoms with E-state index >= 15 is 0 Å². The smallest absolute Gasteiger partial charge is 0.260 e. The summed E-state index contributed by atoms with van der Waals surface area (Å²) in [6.45, 7) is 8.25. The lowest BCUT2D eigenvalue weighted by Gasteiger charge is -2.19. The molecule has 9 nitrogen and oxygen atoms in total. The molecular weight excluding hydrogens is 499 g/mol. The molecule has 2 heterocycles. The normalized spacial score (nSPS) is 11.8. The first-order chi connectivity index (χ1) is 18.7. The SMILES string of the molecule is COc1cc(C)c(C(C)CNC(=O)c2ccc(F)cc2)cc1C(=O)Nc1cccc(-c2nncn2C(C)C)n1. The highest BCUT2D eigenvalue weighted by Crippen LogP contribution is 2.29. The number of ether oxygens (including phenoxy) is 1. The number of hydrogen-bond donors (Lipinski definition) is 2. The highest BCUT2D eigenvalue weighted by atomic mass is 19.1. The molecule has 1 atom stereocenters. The molecule has 39 heavy (non-hydrogen) atoms. The Labute approximate surface area is 226 Å². The highest BCUT2D eigenvalue weighted by Gasteiger charge is 2.20. The van der Waals surface area contributed by atoms with Crippen LogP contribution in [0.25, 0.3) is 11.5 Å². The summed E-state index contributed by atoms with van der Waals surface area (Å²) >= 11 is 0. The van der Waals surface area contributed by atoms with Crippen LogP contribution in [-0.4, -0.2) is 45.2 Å². The number of aromatic nitrogens is 4. The van der Waals surface area contributed by atoms with E-state index in [-0.39, 0.29) is 23.8 Å². The number of hydrogen-bond acceptors (Lipinski definition) is 6. The Morgan fingerprint density at radius 1 is 1.05 bits per heavy atom. The number of aryl methyl sites for hydroxylation is 1. The van der Waals surface area contributed by atoms with Gasteiger partial charge in [-0.1, -0.05) is 13.0 Å². The lowest BCUT2D eigenvalue weighted by Crippen LogP contribution is -2.28. The van der Waals surface area contributed by atoms with Crippen molar-refractivity contribution in [1.82, 2.24) is 25.1 Å². The maximum Gasteiger partial charge on any atom is 0.260 e. The zero-order chi connectivity index (χ0) is 28.1. The Bertz CT molecular complexity index is 1480. The third kappa shape index (κ3) is 6.28. The number of rotatable bonds is 9. The minimum atomic E-state index is -0.402. The van der Waals surface area contributed by atoms with E-state index in [0.717, 1.165) is 11.1 Å². The molecule has 0 saturated heterocycles. The maximum absolute atomic E-state index is 13.4. The zero-order valence-electron chi connectivity index (χ0n) is 22.5. The van der Waals surface area contributed by atoms with Crippen LogP contribution in [0.4, 0.5) is 10.2 Å². The highest BCUT2D eigenvalue weighted by molar-refractivity contribution is 6.06. The summed E-state index contributed by atoms with van der Waals surface area (Å²) in [5.74, 6) is 0.186. The predicted molar refractivity (Wildman–Crippen MR) is 146 cm³/mol. The van der Waals surface area contributed by atoms with Crippen molar-refractivity contribution < 1.29 is 18.7 Å². The quantitative estimate of drug-likeness (QED) is 0.309. The van der Waals surface area contributed by atoms with Crippen molar-refractivity contribution in [3.05, 3.63) is 89.0 Å². The minimum absolute atomic E-state index is 0.115. The number of anilines is 1. The van der Waals surface area contributed by atoms with Gasteiger partial charge in [0.1, 0.15) is 29.4 Å². The molecule has 0 radical (unpaired) electrons. The van der Waals surface area contributed by atoms with E-state index in [4.69, 9.17) is 4.74 Å². The van der Waals surface area contributed by atoms with Crippen LogP contribution in [0.2, 0.25) is 0 Å². The topological polar surface area (TPSA) is 111 Å². The van der Waals surface area contributed by atoms with Crippen molar-refractivity contribution in [3.63, 3.8) is 0 Å². The van der Waals surface area contributed by atoms with Gasteiger partial charge in [0.05, 0.1) is 12.7 Å². The molecule has 1 unspecified atom stereocenters. The van der Waals surface area contributed by atoms with Crippen LogP contribution < -0.4 is 15.4 Å². The molecule has 4 aromatic rings. The van der Waals surface area contributed by atoms with E-state index < -0.39 is 5.82 Å². The fourth-order valence-electron chi connectivity index (χ4n) is 4.25. The van der Waals surface area contributed by atoms with Crippen molar-refractivity contribution >= 4 is 17.6 Å². The summed E-state index contributed by atoms with van der Waals surface area (Å²) in [7, 11) is 1.51. The molecule has 0 aliphatic heterocycles. The maximum atomic E-state index is 13.4. The molecule has 0 saturated carbocycles. The van der Waals surface area contributed by atoms with Crippen LogP contribution in [0.3, 0.4) is 0 Å². The Hall–Kier alpha value is -4.60. The summed E-state index contributed by atoms with van der Waals surface area (Å²) in [4.78, 5) is 30.4. The summed E-state index contributed by atoms with van der Waals surface area (Å²) in [6.07, 6.45) is 1.65. The zero-order valence-corrected chi connectivity index (χ0v) is 22.5. The number of methoxy groups -OCH3 is 1. The largest absolute Gasteiger partial charge is 0.496 e. The molecule has 2 aromatic carbocycles. The van der Waals surface area contributed by atoms with Crippen LogP contribution in [0.15, 0.2) is 60.9 Å². The molecule has 10 heteroatoms. The van der Waals surface area contributed by atoms with Gasteiger partial charge < -0.3 is 19.9 Å². The van der Waals surface area contributed by atoms with Crippen molar-refractivity contribution in [2.24, 2.45) is 0 Å². The van der Waals surface area contributed by atoms with Crippen molar-refractivity contribution in [3.8, 4) is 17.3 Å². The second kappa shape index (κ2) is 11.8. The number of halogens is 1. The second-order valence-corrected chi connectivity index (χ2v) is 9.54. The molecule has 0 bridgehead atoms. The van der Waals surface area contributed by atoms with Gasteiger partial charge in [0.15, 0.2) is 5.82 Å². The number of carbonyl (C=O) groups is 2. The van der Waals surface area contributed by atoms with E-state index in [1.165, 1.54) is 31.4 Å². The van der Waals surface area contributed by atoms with E-state index in [1.807, 2.05) is 38.3 Å². The lowest BCUT2D eigenvalue weighted by molar-refractivity contribution is 0.0950. The van der Waals surface area contributed by atoms with Gasteiger partial charge in [-0.3, -0.25) is 9.59 Å². The van der Waals surface area contributed by atoms with E-state index in [0.29, 0.717) is 40.8 Å². The average Bonchev–Trinajstić information content (AvgIpc) is 3.42. The Kier molecular flexibility index (Phi) is 8.33. The molecule has 202 valence electrons. The number of pyridine rings is 1. The fourth-order valence-corrected chi connectivity index (χ4v) is 4.25.